The molecule has 2 fully saturated rings. The SMILES string of the molecule is COC(=O)[C@@H]1CC[C@@H]2[C@](C)(CCC[C@@]2(C)C(=O)OC)[C@H]1CCC(=O)O. The molecule has 0 saturated heterocycles. The Labute approximate surface area is 149 Å². The molecule has 142 valence electrons. The monoisotopic (exact) mass is 354 g/mol. The van der Waals surface area contributed by atoms with Crippen LogP contribution in [0.4, 0.5) is 0 Å². The third kappa shape index (κ3) is 3.40. The highest BCUT2D eigenvalue weighted by Crippen LogP contribution is 2.62. The maximum Gasteiger partial charge on any atom is 0.311 e. The number of carboxylic acid groups (broad SMARTS) is 1. The summed E-state index contributed by atoms with van der Waals surface area (Å²) in [6, 6.07) is 0. The molecule has 25 heavy (non-hydrogen) atoms. The Hall–Kier alpha value is -1.59. The van der Waals surface area contributed by atoms with Gasteiger partial charge >= 0.3 is 17.9 Å². The minimum Gasteiger partial charge on any atom is -0.481 e. The predicted molar refractivity (Wildman–Crippen MR) is 90.7 cm³/mol. The number of carboxylic acids is 1. The molecule has 6 nitrogen and oxygen atoms in total. The maximum absolute atomic E-state index is 12.5. The molecule has 6 heteroatoms. The molecule has 0 aromatic rings. The van der Waals surface area contributed by atoms with Crippen molar-refractivity contribution in [2.75, 3.05) is 14.2 Å². The smallest absolute Gasteiger partial charge is 0.311 e. The number of carbonyl (C=O) groups excluding carboxylic acids is 2. The first-order valence-electron chi connectivity index (χ1n) is 9.08. The number of aliphatic carboxylic acids is 1. The van der Waals surface area contributed by atoms with Crippen molar-refractivity contribution in [3.05, 3.63) is 0 Å². The average molecular weight is 354 g/mol. The highest BCUT2D eigenvalue weighted by Gasteiger charge is 2.60. The minimum absolute atomic E-state index is 0.0232. The zero-order valence-corrected chi connectivity index (χ0v) is 15.7. The lowest BCUT2D eigenvalue weighted by Gasteiger charge is -2.58. The molecule has 2 rings (SSSR count). The second-order valence-electron chi connectivity index (χ2n) is 8.07. The zero-order chi connectivity index (χ0) is 18.8. The lowest BCUT2D eigenvalue weighted by Crippen LogP contribution is -2.56. The van der Waals surface area contributed by atoms with E-state index in [1.807, 2.05) is 6.92 Å². The number of rotatable bonds is 5. The van der Waals surface area contributed by atoms with Gasteiger partial charge in [0, 0.05) is 6.42 Å². The average Bonchev–Trinajstić information content (AvgIpc) is 2.57. The van der Waals surface area contributed by atoms with Gasteiger partial charge in [0.2, 0.25) is 0 Å². The van der Waals surface area contributed by atoms with E-state index >= 15 is 0 Å². The van der Waals surface area contributed by atoms with Crippen molar-refractivity contribution in [1.82, 2.24) is 0 Å². The van der Waals surface area contributed by atoms with Crippen LogP contribution in [-0.4, -0.2) is 37.2 Å². The van der Waals surface area contributed by atoms with Gasteiger partial charge in [-0.3, -0.25) is 14.4 Å². The van der Waals surface area contributed by atoms with Crippen molar-refractivity contribution < 1.29 is 29.0 Å². The summed E-state index contributed by atoms with van der Waals surface area (Å²) < 4.78 is 10.1. The van der Waals surface area contributed by atoms with Crippen LogP contribution in [-0.2, 0) is 23.9 Å². The summed E-state index contributed by atoms with van der Waals surface area (Å²) >= 11 is 0. The van der Waals surface area contributed by atoms with Gasteiger partial charge < -0.3 is 14.6 Å². The van der Waals surface area contributed by atoms with Crippen molar-refractivity contribution in [1.29, 1.82) is 0 Å². The summed E-state index contributed by atoms with van der Waals surface area (Å²) in [6.07, 6.45) is 4.37. The van der Waals surface area contributed by atoms with E-state index in [1.54, 1.807) is 0 Å². The molecule has 0 heterocycles. The largest absolute Gasteiger partial charge is 0.481 e. The molecule has 0 aromatic carbocycles. The molecule has 1 N–H and O–H groups in total. The fourth-order valence-corrected chi connectivity index (χ4v) is 5.73. The Morgan fingerprint density at radius 3 is 2.32 bits per heavy atom. The van der Waals surface area contributed by atoms with Gasteiger partial charge in [0.25, 0.3) is 0 Å². The molecule has 2 aliphatic carbocycles. The van der Waals surface area contributed by atoms with E-state index in [4.69, 9.17) is 14.6 Å². The number of fused-ring (bicyclic) bond motifs is 1. The van der Waals surface area contributed by atoms with Crippen molar-refractivity contribution in [2.24, 2.45) is 28.6 Å². The normalized spacial score (nSPS) is 37.7. The molecule has 0 aromatic heterocycles. The summed E-state index contributed by atoms with van der Waals surface area (Å²) in [7, 11) is 2.80. The molecule has 2 aliphatic rings. The standard InChI is InChI=1S/C19H30O6/c1-18-10-5-11-19(2,17(23)25-4)14(18)8-6-12(16(22)24-3)13(18)7-9-15(20)21/h12-14H,5-11H2,1-4H3,(H,20,21)/t12-,13+,14-,18-,19-/m1/s1. The summed E-state index contributed by atoms with van der Waals surface area (Å²) in [5.41, 5.74) is -0.849. The lowest BCUT2D eigenvalue weighted by molar-refractivity contribution is -0.179. The Morgan fingerprint density at radius 2 is 1.76 bits per heavy atom. The van der Waals surface area contributed by atoms with E-state index in [9.17, 15) is 14.4 Å². The molecule has 0 amide bonds. The fraction of sp³-hybridized carbons (Fsp3) is 0.842. The fourth-order valence-electron chi connectivity index (χ4n) is 5.73. The quantitative estimate of drug-likeness (QED) is 0.763. The first-order chi connectivity index (χ1) is 11.7. The Balaban J connectivity index is 2.40. The van der Waals surface area contributed by atoms with Gasteiger partial charge in [-0.1, -0.05) is 13.3 Å². The summed E-state index contributed by atoms with van der Waals surface area (Å²) in [5, 5.41) is 9.14. The van der Waals surface area contributed by atoms with Crippen LogP contribution in [0.3, 0.4) is 0 Å². The van der Waals surface area contributed by atoms with Crippen LogP contribution in [0.2, 0.25) is 0 Å². The Bertz CT molecular complexity index is 544. The maximum atomic E-state index is 12.5. The predicted octanol–water partition coefficient (Wildman–Crippen LogP) is 3.04. The van der Waals surface area contributed by atoms with Gasteiger partial charge in [0.15, 0.2) is 0 Å². The van der Waals surface area contributed by atoms with Crippen molar-refractivity contribution in [3.63, 3.8) is 0 Å². The number of hydrogen-bond acceptors (Lipinski definition) is 5. The van der Waals surface area contributed by atoms with E-state index < -0.39 is 11.4 Å². The second-order valence-corrected chi connectivity index (χ2v) is 8.07. The zero-order valence-electron chi connectivity index (χ0n) is 15.7. The first kappa shape index (κ1) is 19.7. The first-order valence-corrected chi connectivity index (χ1v) is 9.08. The van der Waals surface area contributed by atoms with E-state index in [1.165, 1.54) is 14.2 Å². The Morgan fingerprint density at radius 1 is 1.08 bits per heavy atom. The lowest BCUT2D eigenvalue weighted by atomic mass is 9.45. The van der Waals surface area contributed by atoms with Gasteiger partial charge in [-0.2, -0.15) is 0 Å². The van der Waals surface area contributed by atoms with Crippen LogP contribution >= 0.6 is 0 Å². The van der Waals surface area contributed by atoms with E-state index in [2.05, 4.69) is 6.92 Å². The van der Waals surface area contributed by atoms with Gasteiger partial charge in [0.05, 0.1) is 25.6 Å². The third-order valence-corrected chi connectivity index (χ3v) is 6.90. The van der Waals surface area contributed by atoms with Crippen molar-refractivity contribution in [2.45, 2.75) is 58.8 Å². The topological polar surface area (TPSA) is 89.9 Å². The third-order valence-electron chi connectivity index (χ3n) is 6.90. The highest BCUT2D eigenvalue weighted by atomic mass is 16.5. The molecule has 0 unspecified atom stereocenters. The van der Waals surface area contributed by atoms with E-state index in [0.717, 1.165) is 25.7 Å². The van der Waals surface area contributed by atoms with Gasteiger partial charge in [-0.25, -0.2) is 0 Å². The number of esters is 2. The van der Waals surface area contributed by atoms with Crippen LogP contribution in [0.1, 0.15) is 58.8 Å². The molecule has 2 saturated carbocycles. The number of methoxy groups -OCH3 is 2. The van der Waals surface area contributed by atoms with Crippen molar-refractivity contribution in [3.8, 4) is 0 Å². The van der Waals surface area contributed by atoms with Crippen LogP contribution in [0.5, 0.6) is 0 Å². The summed E-state index contributed by atoms with van der Waals surface area (Å²) in [5.74, 6) is -1.64. The number of carbonyl (C=O) groups is 3. The van der Waals surface area contributed by atoms with Crippen LogP contribution in [0, 0.1) is 28.6 Å². The molecule has 0 radical (unpaired) electrons. The minimum atomic E-state index is -0.860. The highest BCUT2D eigenvalue weighted by molar-refractivity contribution is 5.77. The molecule has 0 spiro atoms. The number of hydrogen-bond donors (Lipinski definition) is 1. The molecular formula is C19H30O6. The molecule has 0 aliphatic heterocycles. The molecule has 5 atom stereocenters. The molecule has 0 bridgehead atoms. The van der Waals surface area contributed by atoms with Crippen LogP contribution in [0.25, 0.3) is 0 Å². The van der Waals surface area contributed by atoms with Crippen LogP contribution < -0.4 is 0 Å². The summed E-state index contributed by atoms with van der Waals surface area (Å²) in [4.78, 5) is 36.0. The van der Waals surface area contributed by atoms with E-state index in [-0.39, 0.29) is 41.5 Å². The van der Waals surface area contributed by atoms with Gasteiger partial charge in [-0.15, -0.1) is 0 Å². The Kier molecular flexibility index (Phi) is 5.79. The van der Waals surface area contributed by atoms with Gasteiger partial charge in [0.1, 0.15) is 0 Å². The molecular weight excluding hydrogens is 324 g/mol. The van der Waals surface area contributed by atoms with Gasteiger partial charge in [-0.05, 0) is 56.3 Å². The van der Waals surface area contributed by atoms with E-state index in [0.29, 0.717) is 12.8 Å². The van der Waals surface area contributed by atoms with Crippen LogP contribution in [0.15, 0.2) is 0 Å². The number of ether oxygens (including phenoxy) is 2. The summed E-state index contributed by atoms with van der Waals surface area (Å²) in [6.45, 7) is 4.09. The second kappa shape index (κ2) is 7.34. The van der Waals surface area contributed by atoms with Crippen molar-refractivity contribution >= 4 is 17.9 Å².